The highest BCUT2D eigenvalue weighted by molar-refractivity contribution is 7.71. The minimum absolute atomic E-state index is 0.393. The first kappa shape index (κ1) is 11.8. The van der Waals surface area contributed by atoms with Crippen LogP contribution in [0.4, 0.5) is 0 Å². The highest BCUT2D eigenvalue weighted by Crippen LogP contribution is 2.33. The van der Waals surface area contributed by atoms with Gasteiger partial charge in [0.05, 0.1) is 0 Å². The first-order chi connectivity index (χ1) is 7.56. The van der Waals surface area contributed by atoms with Crippen LogP contribution in [0, 0.1) is 4.77 Å². The van der Waals surface area contributed by atoms with E-state index in [-0.39, 0.29) is 0 Å². The maximum atomic E-state index is 5.49. The van der Waals surface area contributed by atoms with Crippen LogP contribution in [0.2, 0.25) is 0 Å². The van der Waals surface area contributed by atoms with Crippen molar-refractivity contribution in [3.05, 3.63) is 10.6 Å². The molecule has 1 aliphatic rings. The van der Waals surface area contributed by atoms with Crippen molar-refractivity contribution in [2.75, 3.05) is 7.11 Å². The summed E-state index contributed by atoms with van der Waals surface area (Å²) < 4.78 is 8.35. The predicted octanol–water partition coefficient (Wildman–Crippen LogP) is 2.94. The van der Waals surface area contributed by atoms with E-state index in [0.29, 0.717) is 10.8 Å². The number of nitrogens with one attached hydrogen (secondary N) is 1. The number of methoxy groups -OCH3 is 1. The number of aromatic amines is 1. The van der Waals surface area contributed by atoms with Gasteiger partial charge < -0.3 is 4.74 Å². The Labute approximate surface area is 101 Å². The SMILES string of the molecule is COC(C)(C)c1n[nH]c(=S)n1C1CCCC1. The Hall–Kier alpha value is -0.680. The minimum Gasteiger partial charge on any atom is -0.371 e. The predicted molar refractivity (Wildman–Crippen MR) is 65.0 cm³/mol. The second-order valence-electron chi connectivity index (χ2n) is 4.88. The van der Waals surface area contributed by atoms with Crippen LogP contribution in [0.3, 0.4) is 0 Å². The first-order valence-corrected chi connectivity index (χ1v) is 6.19. The number of H-pyrrole nitrogens is 1. The van der Waals surface area contributed by atoms with Gasteiger partial charge in [0.2, 0.25) is 0 Å². The van der Waals surface area contributed by atoms with Crippen LogP contribution in [-0.4, -0.2) is 21.9 Å². The van der Waals surface area contributed by atoms with Gasteiger partial charge in [0, 0.05) is 13.2 Å². The number of rotatable bonds is 3. The zero-order valence-electron chi connectivity index (χ0n) is 10.1. The Balaban J connectivity index is 2.43. The molecule has 0 atom stereocenters. The summed E-state index contributed by atoms with van der Waals surface area (Å²) in [5.41, 5.74) is -0.393. The molecule has 5 heteroatoms. The van der Waals surface area contributed by atoms with E-state index < -0.39 is 5.60 Å². The lowest BCUT2D eigenvalue weighted by molar-refractivity contribution is 0.00700. The molecule has 0 spiro atoms. The molecule has 0 unspecified atom stereocenters. The van der Waals surface area contributed by atoms with Crippen molar-refractivity contribution in [1.29, 1.82) is 0 Å². The molecule has 1 aromatic rings. The molecule has 1 saturated carbocycles. The van der Waals surface area contributed by atoms with Gasteiger partial charge in [-0.25, -0.2) is 0 Å². The molecule has 0 amide bonds. The highest BCUT2D eigenvalue weighted by Gasteiger charge is 2.30. The van der Waals surface area contributed by atoms with Crippen molar-refractivity contribution < 1.29 is 4.74 Å². The molecule has 1 fully saturated rings. The molecule has 16 heavy (non-hydrogen) atoms. The Morgan fingerprint density at radius 1 is 1.44 bits per heavy atom. The fraction of sp³-hybridized carbons (Fsp3) is 0.818. The van der Waals surface area contributed by atoms with E-state index in [1.165, 1.54) is 25.7 Å². The van der Waals surface area contributed by atoms with Crippen molar-refractivity contribution in [2.24, 2.45) is 0 Å². The molecule has 0 saturated heterocycles. The van der Waals surface area contributed by atoms with Crippen molar-refractivity contribution in [3.8, 4) is 0 Å². The highest BCUT2D eigenvalue weighted by atomic mass is 32.1. The molecule has 1 aromatic heterocycles. The zero-order chi connectivity index (χ0) is 11.8. The standard InChI is InChI=1S/C11H19N3OS/c1-11(2,15-3)9-12-13-10(16)14(9)8-6-4-5-7-8/h8H,4-7H2,1-3H3,(H,13,16). The Morgan fingerprint density at radius 2 is 2.06 bits per heavy atom. The largest absolute Gasteiger partial charge is 0.371 e. The van der Waals surface area contributed by atoms with Crippen LogP contribution >= 0.6 is 12.2 Å². The molecule has 1 aliphatic carbocycles. The normalized spacial score (nSPS) is 18.2. The Kier molecular flexibility index (Phi) is 3.17. The summed E-state index contributed by atoms with van der Waals surface area (Å²) in [7, 11) is 1.71. The van der Waals surface area contributed by atoms with Gasteiger partial charge >= 0.3 is 0 Å². The van der Waals surface area contributed by atoms with Crippen molar-refractivity contribution in [2.45, 2.75) is 51.2 Å². The van der Waals surface area contributed by atoms with Crippen LogP contribution in [0.15, 0.2) is 0 Å². The average Bonchev–Trinajstić information content (AvgIpc) is 2.86. The van der Waals surface area contributed by atoms with E-state index in [0.717, 1.165) is 5.82 Å². The fourth-order valence-corrected chi connectivity index (χ4v) is 2.60. The number of aromatic nitrogens is 3. The molecule has 90 valence electrons. The van der Waals surface area contributed by atoms with Gasteiger partial charge in [0.1, 0.15) is 5.60 Å². The summed E-state index contributed by atoms with van der Waals surface area (Å²) in [5.74, 6) is 0.909. The van der Waals surface area contributed by atoms with Gasteiger partial charge in [-0.05, 0) is 38.9 Å². The molecule has 2 rings (SSSR count). The minimum atomic E-state index is -0.393. The van der Waals surface area contributed by atoms with E-state index in [4.69, 9.17) is 17.0 Å². The number of hydrogen-bond donors (Lipinski definition) is 1. The molecule has 4 nitrogen and oxygen atoms in total. The number of hydrogen-bond acceptors (Lipinski definition) is 3. The number of ether oxygens (including phenoxy) is 1. The topological polar surface area (TPSA) is 42.8 Å². The van der Waals surface area contributed by atoms with E-state index in [9.17, 15) is 0 Å². The maximum absolute atomic E-state index is 5.49. The summed E-state index contributed by atoms with van der Waals surface area (Å²) in [4.78, 5) is 0. The monoisotopic (exact) mass is 241 g/mol. The van der Waals surface area contributed by atoms with Crippen molar-refractivity contribution in [1.82, 2.24) is 14.8 Å². The summed E-state index contributed by atoms with van der Waals surface area (Å²) in [5, 5.41) is 7.21. The maximum Gasteiger partial charge on any atom is 0.195 e. The van der Waals surface area contributed by atoms with Crippen molar-refractivity contribution in [3.63, 3.8) is 0 Å². The Bertz CT molecular complexity index is 415. The van der Waals surface area contributed by atoms with Crippen LogP contribution in [0.5, 0.6) is 0 Å². The third-order valence-corrected chi connectivity index (χ3v) is 3.73. The molecule has 0 aromatic carbocycles. The van der Waals surface area contributed by atoms with Crippen molar-refractivity contribution >= 4 is 12.2 Å². The van der Waals surface area contributed by atoms with Crippen LogP contribution < -0.4 is 0 Å². The van der Waals surface area contributed by atoms with E-state index >= 15 is 0 Å². The lowest BCUT2D eigenvalue weighted by Gasteiger charge is -2.25. The quantitative estimate of drug-likeness (QED) is 0.827. The van der Waals surface area contributed by atoms with Gasteiger partial charge in [-0.1, -0.05) is 12.8 Å². The summed E-state index contributed by atoms with van der Waals surface area (Å²) in [6.45, 7) is 4.03. The lowest BCUT2D eigenvalue weighted by atomic mass is 10.1. The summed E-state index contributed by atoms with van der Waals surface area (Å²) in [6.07, 6.45) is 4.95. The third kappa shape index (κ3) is 1.94. The molecule has 1 N–H and O–H groups in total. The number of nitrogens with zero attached hydrogens (tertiary/aromatic N) is 2. The molecule has 0 bridgehead atoms. The fourth-order valence-electron chi connectivity index (χ4n) is 2.32. The molecule has 1 heterocycles. The molecule has 0 radical (unpaired) electrons. The summed E-state index contributed by atoms with van der Waals surface area (Å²) in [6, 6.07) is 0.496. The van der Waals surface area contributed by atoms with Crippen LogP contribution in [-0.2, 0) is 10.3 Å². The second-order valence-corrected chi connectivity index (χ2v) is 5.26. The second kappa shape index (κ2) is 4.30. The van der Waals surface area contributed by atoms with Gasteiger partial charge in [0.15, 0.2) is 10.6 Å². The summed E-state index contributed by atoms with van der Waals surface area (Å²) >= 11 is 5.32. The lowest BCUT2D eigenvalue weighted by Crippen LogP contribution is -2.26. The van der Waals surface area contributed by atoms with Gasteiger partial charge in [0.25, 0.3) is 0 Å². The van der Waals surface area contributed by atoms with Gasteiger partial charge in [-0.2, -0.15) is 5.10 Å². The smallest absolute Gasteiger partial charge is 0.195 e. The van der Waals surface area contributed by atoms with E-state index in [1.54, 1.807) is 7.11 Å². The van der Waals surface area contributed by atoms with Crippen LogP contribution in [0.25, 0.3) is 0 Å². The zero-order valence-corrected chi connectivity index (χ0v) is 10.9. The molecular weight excluding hydrogens is 222 g/mol. The van der Waals surface area contributed by atoms with E-state index in [2.05, 4.69) is 14.8 Å². The Morgan fingerprint density at radius 3 is 2.62 bits per heavy atom. The molecule has 0 aliphatic heterocycles. The average molecular weight is 241 g/mol. The first-order valence-electron chi connectivity index (χ1n) is 5.79. The van der Waals surface area contributed by atoms with Crippen LogP contribution in [0.1, 0.15) is 51.4 Å². The van der Waals surface area contributed by atoms with Gasteiger partial charge in [-0.3, -0.25) is 9.67 Å². The van der Waals surface area contributed by atoms with Gasteiger partial charge in [-0.15, -0.1) is 0 Å². The third-order valence-electron chi connectivity index (χ3n) is 3.44. The van der Waals surface area contributed by atoms with E-state index in [1.807, 2.05) is 13.8 Å². The molecular formula is C11H19N3OS.